The van der Waals surface area contributed by atoms with Gasteiger partial charge in [-0.2, -0.15) is 5.10 Å². The molecule has 0 atom stereocenters. The van der Waals surface area contributed by atoms with Gasteiger partial charge in [-0.05, 0) is 36.8 Å². The predicted molar refractivity (Wildman–Crippen MR) is 96.6 cm³/mol. The molecule has 3 N–H and O–H groups in total. The van der Waals surface area contributed by atoms with E-state index in [1.807, 2.05) is 12.1 Å². The van der Waals surface area contributed by atoms with Gasteiger partial charge in [0.05, 0.1) is 27.0 Å². The second-order valence-corrected chi connectivity index (χ2v) is 5.17. The number of anilines is 1. The van der Waals surface area contributed by atoms with Crippen LogP contribution in [0.5, 0.6) is 17.2 Å². The molecule has 0 fully saturated rings. The lowest BCUT2D eigenvalue weighted by Crippen LogP contribution is -2.19. The predicted octanol–water partition coefficient (Wildman–Crippen LogP) is 2.45. The highest BCUT2D eigenvalue weighted by molar-refractivity contribution is 6.01. The van der Waals surface area contributed by atoms with Crippen LogP contribution in [0, 0.1) is 0 Å². The van der Waals surface area contributed by atoms with Crippen LogP contribution < -0.4 is 25.4 Å². The lowest BCUT2D eigenvalue weighted by molar-refractivity contribution is 0.0954. The average molecular weight is 343 g/mol. The Hall–Kier alpha value is -3.22. The molecule has 0 aliphatic carbocycles. The van der Waals surface area contributed by atoms with Gasteiger partial charge in [0.25, 0.3) is 5.91 Å². The second-order valence-electron chi connectivity index (χ2n) is 5.17. The van der Waals surface area contributed by atoms with Crippen LogP contribution in [0.1, 0.15) is 22.8 Å². The van der Waals surface area contributed by atoms with Crippen molar-refractivity contribution < 1.29 is 19.0 Å². The van der Waals surface area contributed by atoms with Gasteiger partial charge in [-0.1, -0.05) is 12.1 Å². The van der Waals surface area contributed by atoms with Crippen LogP contribution in [0.3, 0.4) is 0 Å². The minimum absolute atomic E-state index is 0.336. The molecule has 2 aromatic rings. The van der Waals surface area contributed by atoms with E-state index in [1.54, 1.807) is 31.2 Å². The molecule has 0 bridgehead atoms. The number of rotatable bonds is 6. The van der Waals surface area contributed by atoms with E-state index in [4.69, 9.17) is 19.9 Å². The van der Waals surface area contributed by atoms with E-state index in [0.717, 1.165) is 5.56 Å². The molecule has 1 amide bonds. The van der Waals surface area contributed by atoms with Crippen molar-refractivity contribution in [2.45, 2.75) is 6.92 Å². The fraction of sp³-hybridized carbons (Fsp3) is 0.222. The molecule has 0 saturated carbocycles. The first-order chi connectivity index (χ1) is 12.0. The summed E-state index contributed by atoms with van der Waals surface area (Å²) in [5, 5.41) is 4.12. The van der Waals surface area contributed by atoms with Crippen molar-refractivity contribution in [3.63, 3.8) is 0 Å². The number of nitrogens with two attached hydrogens (primary N) is 1. The topological polar surface area (TPSA) is 95.2 Å². The largest absolute Gasteiger partial charge is 0.493 e. The zero-order valence-corrected chi connectivity index (χ0v) is 14.6. The van der Waals surface area contributed by atoms with Crippen molar-refractivity contribution in [3.8, 4) is 17.2 Å². The number of amides is 1. The van der Waals surface area contributed by atoms with Crippen LogP contribution in [0.25, 0.3) is 0 Å². The third-order valence-electron chi connectivity index (χ3n) is 3.58. The second kappa shape index (κ2) is 8.05. The smallest absolute Gasteiger partial charge is 0.271 e. The number of methoxy groups -OCH3 is 3. The standard InChI is InChI=1S/C18H21N3O4/c1-11(12-5-7-14(19)8-6-12)20-21-18(22)13-9-15(23-2)17(25-4)16(10-13)24-3/h5-10H,19H2,1-4H3,(H,21,22)/b20-11+. The Bertz CT molecular complexity index is 760. The molecule has 0 spiro atoms. The summed E-state index contributed by atoms with van der Waals surface area (Å²) in [6.07, 6.45) is 0. The van der Waals surface area contributed by atoms with Gasteiger partial charge in [-0.15, -0.1) is 0 Å². The quantitative estimate of drug-likeness (QED) is 0.477. The highest BCUT2D eigenvalue weighted by atomic mass is 16.5. The molecule has 7 heteroatoms. The third-order valence-corrected chi connectivity index (χ3v) is 3.58. The first-order valence-corrected chi connectivity index (χ1v) is 7.50. The maximum absolute atomic E-state index is 12.4. The molecular formula is C18H21N3O4. The summed E-state index contributed by atoms with van der Waals surface area (Å²) < 4.78 is 15.7. The molecule has 0 radical (unpaired) electrons. The number of nitrogens with zero attached hydrogens (tertiary/aromatic N) is 1. The van der Waals surface area contributed by atoms with E-state index >= 15 is 0 Å². The number of nitrogens with one attached hydrogen (secondary N) is 1. The van der Waals surface area contributed by atoms with Crippen LogP contribution in [0.4, 0.5) is 5.69 Å². The lowest BCUT2D eigenvalue weighted by atomic mass is 10.1. The summed E-state index contributed by atoms with van der Waals surface area (Å²) >= 11 is 0. The van der Waals surface area contributed by atoms with E-state index in [2.05, 4.69) is 10.5 Å². The summed E-state index contributed by atoms with van der Waals surface area (Å²) in [5.41, 5.74) is 10.7. The van der Waals surface area contributed by atoms with Crippen molar-refractivity contribution in [1.29, 1.82) is 0 Å². The molecule has 0 aliphatic heterocycles. The maximum Gasteiger partial charge on any atom is 0.271 e. The Balaban J connectivity index is 2.23. The Morgan fingerprint density at radius 2 is 1.52 bits per heavy atom. The minimum atomic E-state index is -0.394. The van der Waals surface area contributed by atoms with Gasteiger partial charge in [0, 0.05) is 11.3 Å². The normalized spacial score (nSPS) is 11.0. The van der Waals surface area contributed by atoms with Gasteiger partial charge < -0.3 is 19.9 Å². The highest BCUT2D eigenvalue weighted by Crippen LogP contribution is 2.38. The molecule has 0 aliphatic rings. The fourth-order valence-corrected chi connectivity index (χ4v) is 2.20. The van der Waals surface area contributed by atoms with E-state index in [0.29, 0.717) is 34.2 Å². The molecule has 25 heavy (non-hydrogen) atoms. The first-order valence-electron chi connectivity index (χ1n) is 7.50. The van der Waals surface area contributed by atoms with Gasteiger partial charge in [-0.25, -0.2) is 5.43 Å². The molecule has 7 nitrogen and oxygen atoms in total. The number of hydrogen-bond acceptors (Lipinski definition) is 6. The molecule has 2 aromatic carbocycles. The van der Waals surface area contributed by atoms with Crippen molar-refractivity contribution >= 4 is 17.3 Å². The zero-order valence-electron chi connectivity index (χ0n) is 14.6. The van der Waals surface area contributed by atoms with E-state index < -0.39 is 5.91 Å². The first kappa shape index (κ1) is 18.1. The number of ether oxygens (including phenoxy) is 3. The van der Waals surface area contributed by atoms with E-state index in [9.17, 15) is 4.79 Å². The Morgan fingerprint density at radius 1 is 0.960 bits per heavy atom. The van der Waals surface area contributed by atoms with E-state index in [-0.39, 0.29) is 0 Å². The maximum atomic E-state index is 12.4. The van der Waals surface area contributed by atoms with Crippen molar-refractivity contribution in [1.82, 2.24) is 5.43 Å². The van der Waals surface area contributed by atoms with Crippen LogP contribution >= 0.6 is 0 Å². The van der Waals surface area contributed by atoms with Crippen LogP contribution in [-0.2, 0) is 0 Å². The molecule has 0 heterocycles. The number of benzene rings is 2. The lowest BCUT2D eigenvalue weighted by Gasteiger charge is -2.13. The number of hydrogen-bond donors (Lipinski definition) is 2. The van der Waals surface area contributed by atoms with Gasteiger partial charge in [0.15, 0.2) is 11.5 Å². The van der Waals surface area contributed by atoms with E-state index in [1.165, 1.54) is 21.3 Å². The third kappa shape index (κ3) is 4.20. The molecule has 0 aromatic heterocycles. The number of carbonyl (C=O) groups excluding carboxylic acids is 1. The van der Waals surface area contributed by atoms with Gasteiger partial charge in [-0.3, -0.25) is 4.79 Å². The van der Waals surface area contributed by atoms with Crippen molar-refractivity contribution in [2.24, 2.45) is 5.10 Å². The van der Waals surface area contributed by atoms with Crippen LogP contribution in [0.15, 0.2) is 41.5 Å². The van der Waals surface area contributed by atoms with Gasteiger partial charge in [0.1, 0.15) is 0 Å². The van der Waals surface area contributed by atoms with Crippen molar-refractivity contribution in [3.05, 3.63) is 47.5 Å². The number of nitrogen functional groups attached to an aromatic ring is 1. The summed E-state index contributed by atoms with van der Waals surface area (Å²) in [6.45, 7) is 1.79. The van der Waals surface area contributed by atoms with Gasteiger partial charge in [0.2, 0.25) is 5.75 Å². The zero-order chi connectivity index (χ0) is 18.4. The monoisotopic (exact) mass is 343 g/mol. The summed E-state index contributed by atoms with van der Waals surface area (Å²) in [7, 11) is 4.48. The molecule has 2 rings (SSSR count). The Labute approximate surface area is 146 Å². The van der Waals surface area contributed by atoms with Gasteiger partial charge >= 0.3 is 0 Å². The summed E-state index contributed by atoms with van der Waals surface area (Å²) in [6, 6.07) is 10.3. The van der Waals surface area contributed by atoms with Crippen molar-refractivity contribution in [2.75, 3.05) is 27.1 Å². The Morgan fingerprint density at radius 3 is 2.00 bits per heavy atom. The number of carbonyl (C=O) groups is 1. The minimum Gasteiger partial charge on any atom is -0.493 e. The Kier molecular flexibility index (Phi) is 5.84. The number of hydrazone groups is 1. The average Bonchev–Trinajstić information content (AvgIpc) is 2.64. The summed E-state index contributed by atoms with van der Waals surface area (Å²) in [4.78, 5) is 12.4. The van der Waals surface area contributed by atoms with Crippen LogP contribution in [-0.4, -0.2) is 32.9 Å². The highest BCUT2D eigenvalue weighted by Gasteiger charge is 2.16. The molecule has 132 valence electrons. The van der Waals surface area contributed by atoms with Crippen LogP contribution in [0.2, 0.25) is 0 Å². The molecule has 0 unspecified atom stereocenters. The molecule has 0 saturated heterocycles. The molecular weight excluding hydrogens is 322 g/mol. The SMILES string of the molecule is COc1cc(C(=O)N/N=C(\C)c2ccc(N)cc2)cc(OC)c1OC. The fourth-order valence-electron chi connectivity index (χ4n) is 2.20. The summed E-state index contributed by atoms with van der Waals surface area (Å²) in [5.74, 6) is 0.814.